The number of carbonyl (C=O) groups excluding carboxylic acids is 3. The first kappa shape index (κ1) is 78.6. The highest BCUT2D eigenvalue weighted by molar-refractivity contribution is 5.71. The average molecular weight is 1140 g/mol. The summed E-state index contributed by atoms with van der Waals surface area (Å²) in [6.07, 6.45) is 87.6. The molecule has 0 aromatic carbocycles. The molecule has 0 heterocycles. The summed E-state index contributed by atoms with van der Waals surface area (Å²) >= 11 is 0. The summed E-state index contributed by atoms with van der Waals surface area (Å²) < 4.78 is 17.0. The lowest BCUT2D eigenvalue weighted by Crippen LogP contribution is -2.30. The van der Waals surface area contributed by atoms with Crippen LogP contribution in [0.4, 0.5) is 0 Å². The van der Waals surface area contributed by atoms with Crippen LogP contribution in [0.25, 0.3) is 0 Å². The first-order valence-electron chi connectivity index (χ1n) is 36.5. The van der Waals surface area contributed by atoms with Crippen LogP contribution < -0.4 is 0 Å². The van der Waals surface area contributed by atoms with Gasteiger partial charge in [0, 0.05) is 19.3 Å². The molecule has 0 aromatic heterocycles. The van der Waals surface area contributed by atoms with Crippen molar-refractivity contribution in [3.8, 4) is 0 Å². The second-order valence-corrected chi connectivity index (χ2v) is 24.9. The van der Waals surface area contributed by atoms with E-state index in [2.05, 4.69) is 57.2 Å². The zero-order valence-electron chi connectivity index (χ0n) is 54.8. The number of carbonyl (C=O) groups is 3. The normalized spacial score (nSPS) is 12.2. The lowest BCUT2D eigenvalue weighted by atomic mass is 10.0. The Balaban J connectivity index is 4.16. The maximum absolute atomic E-state index is 13.0. The molecule has 81 heavy (non-hydrogen) atoms. The molecule has 0 radical (unpaired) electrons. The molecule has 0 saturated heterocycles. The fourth-order valence-corrected chi connectivity index (χ4v) is 11.1. The Morgan fingerprint density at radius 1 is 0.247 bits per heavy atom. The molecule has 0 aliphatic rings. The fourth-order valence-electron chi connectivity index (χ4n) is 11.1. The van der Waals surface area contributed by atoms with Gasteiger partial charge >= 0.3 is 17.9 Å². The summed E-state index contributed by atoms with van der Waals surface area (Å²) in [4.78, 5) is 38.4. The van der Waals surface area contributed by atoms with E-state index in [9.17, 15) is 14.4 Å². The van der Waals surface area contributed by atoms with E-state index in [1.54, 1.807) is 0 Å². The van der Waals surface area contributed by atoms with Crippen LogP contribution >= 0.6 is 0 Å². The summed E-state index contributed by atoms with van der Waals surface area (Å²) in [6, 6.07) is 0. The number of hydrogen-bond donors (Lipinski definition) is 0. The van der Waals surface area contributed by atoms with Crippen LogP contribution in [-0.2, 0) is 28.6 Å². The number of allylic oxidation sites excluding steroid dienone is 6. The lowest BCUT2D eigenvalue weighted by molar-refractivity contribution is -0.167. The van der Waals surface area contributed by atoms with Crippen molar-refractivity contribution in [3.63, 3.8) is 0 Å². The third-order valence-electron chi connectivity index (χ3n) is 16.6. The van der Waals surface area contributed by atoms with Gasteiger partial charge in [0.15, 0.2) is 6.10 Å². The predicted octanol–water partition coefficient (Wildman–Crippen LogP) is 25.1. The van der Waals surface area contributed by atoms with Crippen molar-refractivity contribution in [2.24, 2.45) is 0 Å². The van der Waals surface area contributed by atoms with E-state index in [0.29, 0.717) is 19.3 Å². The molecule has 0 N–H and O–H groups in total. The molecule has 0 rings (SSSR count). The zero-order valence-corrected chi connectivity index (χ0v) is 54.8. The molecule has 0 spiro atoms. The molecule has 476 valence electrons. The predicted molar refractivity (Wildman–Crippen MR) is 353 cm³/mol. The van der Waals surface area contributed by atoms with Crippen molar-refractivity contribution >= 4 is 17.9 Å². The highest BCUT2D eigenvalue weighted by Crippen LogP contribution is 2.18. The van der Waals surface area contributed by atoms with Gasteiger partial charge in [-0.2, -0.15) is 0 Å². The van der Waals surface area contributed by atoms with Crippen molar-refractivity contribution in [2.75, 3.05) is 13.2 Å². The molecular formula is C75H140O6. The Bertz CT molecular complexity index is 1350. The molecule has 1 unspecified atom stereocenters. The highest BCUT2D eigenvalue weighted by Gasteiger charge is 2.19. The summed E-state index contributed by atoms with van der Waals surface area (Å²) in [5.74, 6) is -0.838. The highest BCUT2D eigenvalue weighted by atomic mass is 16.6. The number of unbranched alkanes of at least 4 members (excludes halogenated alkanes) is 51. The van der Waals surface area contributed by atoms with E-state index in [0.717, 1.165) is 64.2 Å². The zero-order chi connectivity index (χ0) is 58.5. The van der Waals surface area contributed by atoms with E-state index in [1.165, 1.54) is 302 Å². The van der Waals surface area contributed by atoms with Gasteiger partial charge in [0.1, 0.15) is 13.2 Å². The first-order valence-corrected chi connectivity index (χ1v) is 36.5. The van der Waals surface area contributed by atoms with Crippen LogP contribution in [0.1, 0.15) is 406 Å². The molecule has 6 nitrogen and oxygen atoms in total. The Morgan fingerprint density at radius 2 is 0.444 bits per heavy atom. The van der Waals surface area contributed by atoms with E-state index in [4.69, 9.17) is 14.2 Å². The quantitative estimate of drug-likeness (QED) is 0.0261. The molecule has 1 atom stereocenters. The second-order valence-electron chi connectivity index (χ2n) is 24.9. The topological polar surface area (TPSA) is 78.9 Å². The van der Waals surface area contributed by atoms with Crippen LogP contribution in [0.5, 0.6) is 0 Å². The number of esters is 3. The minimum Gasteiger partial charge on any atom is -0.462 e. The van der Waals surface area contributed by atoms with Crippen molar-refractivity contribution in [3.05, 3.63) is 36.5 Å². The smallest absolute Gasteiger partial charge is 0.306 e. The van der Waals surface area contributed by atoms with Gasteiger partial charge in [-0.1, -0.05) is 346 Å². The van der Waals surface area contributed by atoms with E-state index in [1.807, 2.05) is 0 Å². The van der Waals surface area contributed by atoms with Crippen molar-refractivity contribution in [1.82, 2.24) is 0 Å². The number of hydrogen-bond acceptors (Lipinski definition) is 6. The third kappa shape index (κ3) is 68.3. The number of ether oxygens (including phenoxy) is 3. The maximum atomic E-state index is 13.0. The fraction of sp³-hybridized carbons (Fsp3) is 0.880. The SMILES string of the molecule is CCCCCCC/C=C\C/C=C\CCCCCCCCCCCCCCCC(=O)OC(COC(=O)CCCCCCCCCCCCC)COC(=O)CCCCCCCCCCCCCCCCC/C=C\CCCCCCCCCC. The van der Waals surface area contributed by atoms with Gasteiger partial charge in [-0.15, -0.1) is 0 Å². The first-order chi connectivity index (χ1) is 40.0. The van der Waals surface area contributed by atoms with Gasteiger partial charge in [0.25, 0.3) is 0 Å². The molecule has 0 fully saturated rings. The van der Waals surface area contributed by atoms with Crippen LogP contribution in [0, 0.1) is 0 Å². The molecule has 6 heteroatoms. The average Bonchev–Trinajstić information content (AvgIpc) is 3.47. The molecule has 0 aliphatic carbocycles. The van der Waals surface area contributed by atoms with Gasteiger partial charge < -0.3 is 14.2 Å². The Kier molecular flexibility index (Phi) is 68.1. The van der Waals surface area contributed by atoms with E-state index >= 15 is 0 Å². The van der Waals surface area contributed by atoms with Crippen LogP contribution in [-0.4, -0.2) is 37.2 Å². The van der Waals surface area contributed by atoms with Gasteiger partial charge in [-0.05, 0) is 77.0 Å². The van der Waals surface area contributed by atoms with Crippen LogP contribution in [0.3, 0.4) is 0 Å². The van der Waals surface area contributed by atoms with Crippen molar-refractivity contribution in [1.29, 1.82) is 0 Å². The Labute approximate surface area is 506 Å². The van der Waals surface area contributed by atoms with Crippen LogP contribution in [0.2, 0.25) is 0 Å². The third-order valence-corrected chi connectivity index (χ3v) is 16.6. The Hall–Kier alpha value is -2.37. The lowest BCUT2D eigenvalue weighted by Gasteiger charge is -2.18. The Morgan fingerprint density at radius 3 is 0.691 bits per heavy atom. The van der Waals surface area contributed by atoms with Crippen molar-refractivity contribution < 1.29 is 28.6 Å². The standard InChI is InChI=1S/C75H140O6/c1-4-7-10-13-16-19-22-24-26-28-30-32-34-36-37-39-40-42-44-46-48-50-53-56-59-62-65-68-74(77)80-71-72(70-79-73(76)67-64-61-58-55-52-21-18-15-12-9-6-3)81-75(78)69-66-63-60-57-54-51-49-47-45-43-41-38-35-33-31-29-27-25-23-20-17-14-11-8-5-2/h23,25,28-31,72H,4-22,24,26-27,32-71H2,1-3H3/b25-23-,30-28-,31-29-. The summed E-state index contributed by atoms with van der Waals surface area (Å²) in [7, 11) is 0. The molecular weight excluding hydrogens is 997 g/mol. The molecule has 0 amide bonds. The number of rotatable bonds is 68. The van der Waals surface area contributed by atoms with Gasteiger partial charge in [-0.25, -0.2) is 0 Å². The van der Waals surface area contributed by atoms with E-state index in [-0.39, 0.29) is 31.1 Å². The van der Waals surface area contributed by atoms with Crippen molar-refractivity contribution in [2.45, 2.75) is 412 Å². The van der Waals surface area contributed by atoms with Gasteiger partial charge in [0.05, 0.1) is 0 Å². The molecule has 0 aliphatic heterocycles. The second kappa shape index (κ2) is 70.1. The largest absolute Gasteiger partial charge is 0.462 e. The van der Waals surface area contributed by atoms with Gasteiger partial charge in [-0.3, -0.25) is 14.4 Å². The molecule has 0 bridgehead atoms. The van der Waals surface area contributed by atoms with Gasteiger partial charge in [0.2, 0.25) is 0 Å². The minimum atomic E-state index is -0.770. The van der Waals surface area contributed by atoms with E-state index < -0.39 is 6.10 Å². The summed E-state index contributed by atoms with van der Waals surface area (Å²) in [6.45, 7) is 6.70. The monoisotopic (exact) mass is 1140 g/mol. The summed E-state index contributed by atoms with van der Waals surface area (Å²) in [5, 5.41) is 0. The molecule has 0 aromatic rings. The maximum Gasteiger partial charge on any atom is 0.306 e. The molecule has 0 saturated carbocycles. The minimum absolute atomic E-state index is 0.0666. The summed E-state index contributed by atoms with van der Waals surface area (Å²) in [5.41, 5.74) is 0. The van der Waals surface area contributed by atoms with Crippen LogP contribution in [0.15, 0.2) is 36.5 Å².